The summed E-state index contributed by atoms with van der Waals surface area (Å²) in [7, 11) is -7.31. The number of sulfonamides is 2. The number of benzene rings is 2. The lowest BCUT2D eigenvalue weighted by molar-refractivity contribution is 0.390. The minimum atomic E-state index is -3.81. The monoisotopic (exact) mass is 380 g/mol. The Morgan fingerprint density at radius 3 is 2.44 bits per heavy atom. The average Bonchev–Trinajstić information content (AvgIpc) is 2.55. The van der Waals surface area contributed by atoms with Gasteiger partial charge in [-0.25, -0.2) is 22.0 Å². The first-order valence-electron chi connectivity index (χ1n) is 7.84. The number of nitrogens with two attached hydrogens (primary N) is 1. The van der Waals surface area contributed by atoms with Crippen molar-refractivity contribution < 1.29 is 16.8 Å². The molecular weight excluding hydrogens is 360 g/mol. The lowest BCUT2D eigenvalue weighted by atomic mass is 10.0. The summed E-state index contributed by atoms with van der Waals surface area (Å²) in [5, 5.41) is 5.17. The summed E-state index contributed by atoms with van der Waals surface area (Å²) in [5.41, 5.74) is 3.34. The van der Waals surface area contributed by atoms with Crippen LogP contribution in [0.15, 0.2) is 47.4 Å². The number of aryl methyl sites for hydroxylation is 1. The Kier molecular flexibility index (Phi) is 4.72. The average molecular weight is 380 g/mol. The Morgan fingerprint density at radius 1 is 1.04 bits per heavy atom. The molecule has 0 amide bonds. The molecule has 2 aromatic carbocycles. The summed E-state index contributed by atoms with van der Waals surface area (Å²) in [4.78, 5) is 0.00408. The zero-order valence-corrected chi connectivity index (χ0v) is 15.5. The Hall–Kier alpha value is -1.74. The van der Waals surface area contributed by atoms with Gasteiger partial charge in [0.25, 0.3) is 0 Å². The van der Waals surface area contributed by atoms with E-state index in [2.05, 4.69) is 0 Å². The zero-order chi connectivity index (χ0) is 18.2. The van der Waals surface area contributed by atoms with E-state index in [4.69, 9.17) is 5.14 Å². The van der Waals surface area contributed by atoms with Gasteiger partial charge >= 0.3 is 0 Å². The van der Waals surface area contributed by atoms with E-state index in [9.17, 15) is 16.8 Å². The fourth-order valence-corrected chi connectivity index (χ4v) is 5.15. The molecule has 0 atom stereocenters. The van der Waals surface area contributed by atoms with Crippen LogP contribution in [0.4, 0.5) is 0 Å². The molecule has 2 N–H and O–H groups in total. The van der Waals surface area contributed by atoms with Crippen molar-refractivity contribution in [3.63, 3.8) is 0 Å². The summed E-state index contributed by atoms with van der Waals surface area (Å²) in [6.07, 6.45) is 0.549. The van der Waals surface area contributed by atoms with Crippen molar-refractivity contribution in [1.82, 2.24) is 4.31 Å². The molecule has 0 bridgehead atoms. The number of rotatable bonds is 4. The Bertz CT molecular complexity index is 1010. The molecule has 0 fully saturated rings. The zero-order valence-electron chi connectivity index (χ0n) is 13.8. The van der Waals surface area contributed by atoms with Crippen LogP contribution in [0.5, 0.6) is 0 Å². The Morgan fingerprint density at radius 2 is 1.76 bits per heavy atom. The van der Waals surface area contributed by atoms with Gasteiger partial charge in [0.2, 0.25) is 20.0 Å². The third-order valence-electron chi connectivity index (χ3n) is 4.48. The predicted octanol–water partition coefficient (Wildman–Crippen LogP) is 1.53. The maximum atomic E-state index is 12.8. The van der Waals surface area contributed by atoms with Crippen LogP contribution in [0.3, 0.4) is 0 Å². The molecule has 6 nitrogen and oxygen atoms in total. The van der Waals surface area contributed by atoms with E-state index in [-0.39, 0.29) is 17.2 Å². The summed E-state index contributed by atoms with van der Waals surface area (Å²) in [6.45, 7) is 2.43. The van der Waals surface area contributed by atoms with E-state index in [0.717, 1.165) is 16.7 Å². The predicted molar refractivity (Wildman–Crippen MR) is 95.7 cm³/mol. The van der Waals surface area contributed by atoms with Crippen LogP contribution in [0.1, 0.15) is 22.3 Å². The van der Waals surface area contributed by atoms with E-state index in [1.165, 1.54) is 16.4 Å². The molecule has 1 aliphatic heterocycles. The maximum Gasteiger partial charge on any atom is 0.238 e. The summed E-state index contributed by atoms with van der Waals surface area (Å²) in [6, 6.07) is 12.0. The molecule has 134 valence electrons. The number of nitrogens with zero attached hydrogens (tertiary/aromatic N) is 1. The van der Waals surface area contributed by atoms with E-state index in [1.54, 1.807) is 6.07 Å². The van der Waals surface area contributed by atoms with Gasteiger partial charge in [0.1, 0.15) is 0 Å². The van der Waals surface area contributed by atoms with Crippen LogP contribution < -0.4 is 5.14 Å². The third-order valence-corrected chi connectivity index (χ3v) is 7.16. The van der Waals surface area contributed by atoms with Crippen LogP contribution >= 0.6 is 0 Å². The van der Waals surface area contributed by atoms with Gasteiger partial charge in [0.15, 0.2) is 0 Å². The van der Waals surface area contributed by atoms with E-state index >= 15 is 0 Å². The molecule has 25 heavy (non-hydrogen) atoms. The first kappa shape index (κ1) is 18.1. The van der Waals surface area contributed by atoms with Crippen molar-refractivity contribution >= 4 is 20.0 Å². The minimum Gasteiger partial charge on any atom is -0.225 e. The fraction of sp³-hybridized carbons (Fsp3) is 0.294. The van der Waals surface area contributed by atoms with Crippen molar-refractivity contribution in [1.29, 1.82) is 0 Å². The molecule has 0 spiro atoms. The lowest BCUT2D eigenvalue weighted by Crippen LogP contribution is -2.37. The highest BCUT2D eigenvalue weighted by atomic mass is 32.2. The number of hydrogen-bond acceptors (Lipinski definition) is 4. The SMILES string of the molecule is Cc1ccccc1CS(=O)(=O)N1CCc2ccc(S(N)(=O)=O)cc2C1. The van der Waals surface area contributed by atoms with Crippen LogP contribution in [-0.4, -0.2) is 27.7 Å². The second-order valence-corrected chi connectivity index (χ2v) is 9.77. The summed E-state index contributed by atoms with van der Waals surface area (Å²) < 4.78 is 50.0. The van der Waals surface area contributed by atoms with Gasteiger partial charge in [-0.05, 0) is 47.7 Å². The second-order valence-electron chi connectivity index (χ2n) is 6.24. The molecule has 8 heteroatoms. The lowest BCUT2D eigenvalue weighted by Gasteiger charge is -2.28. The molecule has 3 rings (SSSR count). The molecule has 0 aromatic heterocycles. The summed E-state index contributed by atoms with van der Waals surface area (Å²) in [5.74, 6) is -0.0656. The molecule has 0 unspecified atom stereocenters. The van der Waals surface area contributed by atoms with Gasteiger partial charge in [-0.1, -0.05) is 30.3 Å². The van der Waals surface area contributed by atoms with Crippen molar-refractivity contribution in [2.75, 3.05) is 6.54 Å². The molecule has 0 saturated carbocycles. The molecule has 0 aliphatic carbocycles. The highest BCUT2D eigenvalue weighted by Crippen LogP contribution is 2.25. The number of fused-ring (bicyclic) bond motifs is 1. The van der Waals surface area contributed by atoms with Crippen LogP contribution in [0.25, 0.3) is 0 Å². The van der Waals surface area contributed by atoms with Gasteiger partial charge in [0, 0.05) is 13.1 Å². The molecule has 1 aliphatic rings. The number of hydrogen-bond donors (Lipinski definition) is 1. The molecule has 0 saturated heterocycles. The van der Waals surface area contributed by atoms with Crippen LogP contribution in [0.2, 0.25) is 0 Å². The second kappa shape index (κ2) is 6.53. The molecular formula is C17H20N2O4S2. The van der Waals surface area contributed by atoms with Gasteiger partial charge in [-0.15, -0.1) is 0 Å². The van der Waals surface area contributed by atoms with E-state index in [0.29, 0.717) is 18.5 Å². The van der Waals surface area contributed by atoms with Crippen molar-refractivity contribution in [2.45, 2.75) is 30.5 Å². The number of primary sulfonamides is 1. The molecule has 2 aromatic rings. The van der Waals surface area contributed by atoms with Gasteiger partial charge in [-0.2, -0.15) is 4.31 Å². The van der Waals surface area contributed by atoms with Crippen LogP contribution in [-0.2, 0) is 38.8 Å². The van der Waals surface area contributed by atoms with Crippen molar-refractivity contribution in [3.05, 3.63) is 64.7 Å². The largest absolute Gasteiger partial charge is 0.238 e. The standard InChI is InChI=1S/C17H20N2O4S2/c1-13-4-2-3-5-15(13)12-24(20,21)19-9-8-14-6-7-17(25(18,22)23)10-16(14)11-19/h2-7,10H,8-9,11-12H2,1H3,(H2,18,22,23). The van der Waals surface area contributed by atoms with Crippen molar-refractivity contribution in [2.24, 2.45) is 5.14 Å². The summed E-state index contributed by atoms with van der Waals surface area (Å²) >= 11 is 0. The third kappa shape index (κ3) is 3.92. The highest BCUT2D eigenvalue weighted by molar-refractivity contribution is 7.89. The smallest absolute Gasteiger partial charge is 0.225 e. The topological polar surface area (TPSA) is 97.5 Å². The van der Waals surface area contributed by atoms with Crippen molar-refractivity contribution in [3.8, 4) is 0 Å². The fourth-order valence-electron chi connectivity index (χ4n) is 2.98. The molecule has 1 heterocycles. The van der Waals surface area contributed by atoms with Gasteiger partial charge < -0.3 is 0 Å². The van der Waals surface area contributed by atoms with Gasteiger partial charge in [0.05, 0.1) is 10.6 Å². The highest BCUT2D eigenvalue weighted by Gasteiger charge is 2.28. The Labute approximate surface area is 148 Å². The normalized spacial score (nSPS) is 15.8. The van der Waals surface area contributed by atoms with E-state index < -0.39 is 20.0 Å². The first-order valence-corrected chi connectivity index (χ1v) is 11.0. The van der Waals surface area contributed by atoms with Crippen LogP contribution in [0, 0.1) is 6.92 Å². The van der Waals surface area contributed by atoms with E-state index in [1.807, 2.05) is 31.2 Å². The Balaban J connectivity index is 1.87. The first-order chi connectivity index (χ1) is 11.7. The van der Waals surface area contributed by atoms with Gasteiger partial charge in [-0.3, -0.25) is 0 Å². The molecule has 0 radical (unpaired) electrons. The quantitative estimate of drug-likeness (QED) is 0.870. The maximum absolute atomic E-state index is 12.8. The minimum absolute atomic E-state index is 0.00408.